The van der Waals surface area contributed by atoms with E-state index >= 15 is 0 Å². The molecule has 1 amide bonds. The number of halogens is 5. The van der Waals surface area contributed by atoms with Crippen LogP contribution < -0.4 is 5.32 Å². The summed E-state index contributed by atoms with van der Waals surface area (Å²) in [5.41, 5.74) is -1.02. The number of nitrogens with one attached hydrogen (secondary N) is 1. The number of hydrogen-bond donors (Lipinski definition) is 2. The summed E-state index contributed by atoms with van der Waals surface area (Å²) < 4.78 is 57.9. The summed E-state index contributed by atoms with van der Waals surface area (Å²) in [6, 6.07) is 15.2. The van der Waals surface area contributed by atoms with E-state index in [0.29, 0.717) is 28.7 Å². The van der Waals surface area contributed by atoms with E-state index in [-0.39, 0.29) is 17.1 Å². The minimum absolute atomic E-state index is 0.0123. The first-order chi connectivity index (χ1) is 18.4. The van der Waals surface area contributed by atoms with Crippen LogP contribution in [0.5, 0.6) is 0 Å². The van der Waals surface area contributed by atoms with Crippen LogP contribution in [-0.4, -0.2) is 57.1 Å². The molecule has 0 saturated carbocycles. The maximum atomic E-state index is 14.3. The van der Waals surface area contributed by atoms with Crippen LogP contribution in [0, 0.1) is 12.7 Å². The minimum atomic E-state index is -5.06. The number of anilines is 1. The van der Waals surface area contributed by atoms with Gasteiger partial charge in [0, 0.05) is 17.6 Å². The van der Waals surface area contributed by atoms with E-state index < -0.39 is 36.6 Å². The number of nitrogens with zero attached hydrogens (tertiary/aromatic N) is 3. The molecule has 4 aromatic rings. The van der Waals surface area contributed by atoms with Gasteiger partial charge in [-0.3, -0.25) is 4.79 Å². The molecule has 0 bridgehead atoms. The highest BCUT2D eigenvalue weighted by molar-refractivity contribution is 6.33. The quantitative estimate of drug-likeness (QED) is 0.232. The third kappa shape index (κ3) is 6.02. The molecule has 1 aromatic heterocycles. The predicted molar refractivity (Wildman–Crippen MR) is 143 cm³/mol. The van der Waals surface area contributed by atoms with Crippen LogP contribution in [0.4, 0.5) is 23.2 Å². The molecule has 11 heteroatoms. The molecule has 0 aliphatic rings. The highest BCUT2D eigenvalue weighted by atomic mass is 35.5. The van der Waals surface area contributed by atoms with Gasteiger partial charge >= 0.3 is 6.18 Å². The Morgan fingerprint density at radius 1 is 1.13 bits per heavy atom. The number of hydrogen-bond acceptors (Lipinski definition) is 4. The summed E-state index contributed by atoms with van der Waals surface area (Å²) in [5, 5.41) is 18.6. The number of alkyl halides is 3. The lowest BCUT2D eigenvalue weighted by Gasteiger charge is -2.36. The molecule has 4 rings (SSSR count). The van der Waals surface area contributed by atoms with Gasteiger partial charge < -0.3 is 15.3 Å². The molecular formula is C28H27ClF4N4O2. The Bertz CT molecular complexity index is 1470. The van der Waals surface area contributed by atoms with Crippen LogP contribution in [0.1, 0.15) is 29.3 Å². The number of rotatable bonds is 9. The summed E-state index contributed by atoms with van der Waals surface area (Å²) in [7, 11) is 0. The van der Waals surface area contributed by atoms with Gasteiger partial charge in [0.05, 0.1) is 41.1 Å². The molecule has 39 heavy (non-hydrogen) atoms. The van der Waals surface area contributed by atoms with Crippen molar-refractivity contribution >= 4 is 34.1 Å². The minimum Gasteiger partial charge on any atom is -0.381 e. The lowest BCUT2D eigenvalue weighted by molar-refractivity contribution is -0.257. The van der Waals surface area contributed by atoms with Crippen LogP contribution >= 0.6 is 11.6 Å². The molecule has 0 fully saturated rings. The molecule has 206 valence electrons. The van der Waals surface area contributed by atoms with E-state index in [2.05, 4.69) is 10.4 Å². The van der Waals surface area contributed by atoms with E-state index in [1.165, 1.54) is 42.6 Å². The number of aliphatic hydroxyl groups is 1. The van der Waals surface area contributed by atoms with Crippen molar-refractivity contribution in [2.75, 3.05) is 25.0 Å². The van der Waals surface area contributed by atoms with Gasteiger partial charge in [0.1, 0.15) is 5.82 Å². The van der Waals surface area contributed by atoms with E-state index in [4.69, 9.17) is 11.6 Å². The molecule has 1 atom stereocenters. The second kappa shape index (κ2) is 11.2. The lowest BCUT2D eigenvalue weighted by atomic mass is 10.0. The summed E-state index contributed by atoms with van der Waals surface area (Å²) in [5.74, 6) is -1.12. The van der Waals surface area contributed by atoms with Gasteiger partial charge in [-0.1, -0.05) is 30.7 Å². The van der Waals surface area contributed by atoms with E-state index in [1.54, 1.807) is 42.8 Å². The fourth-order valence-electron chi connectivity index (χ4n) is 4.33. The molecule has 1 unspecified atom stereocenters. The Morgan fingerprint density at radius 3 is 2.46 bits per heavy atom. The maximum Gasteiger partial charge on any atom is 0.420 e. The third-order valence-electron chi connectivity index (χ3n) is 6.34. The molecular weight excluding hydrogens is 536 g/mol. The van der Waals surface area contributed by atoms with Crippen molar-refractivity contribution < 1.29 is 27.5 Å². The first-order valence-electron chi connectivity index (χ1n) is 12.2. The van der Waals surface area contributed by atoms with Gasteiger partial charge in [0.2, 0.25) is 0 Å². The average Bonchev–Trinajstić information content (AvgIpc) is 3.30. The summed E-state index contributed by atoms with van der Waals surface area (Å²) in [6.45, 7) is 1.56. The fourth-order valence-corrected chi connectivity index (χ4v) is 4.55. The Labute approximate surface area is 227 Å². The van der Waals surface area contributed by atoms with E-state index in [9.17, 15) is 27.5 Å². The van der Waals surface area contributed by atoms with Gasteiger partial charge in [-0.25, -0.2) is 9.07 Å². The van der Waals surface area contributed by atoms with Gasteiger partial charge in [-0.2, -0.15) is 18.3 Å². The lowest BCUT2D eigenvalue weighted by Crippen LogP contribution is -2.58. The number of benzene rings is 3. The van der Waals surface area contributed by atoms with Gasteiger partial charge in [-0.15, -0.1) is 0 Å². The number of carbonyl (C=O) groups excluding carboxylic acids is 1. The van der Waals surface area contributed by atoms with Crippen LogP contribution in [0.2, 0.25) is 5.02 Å². The zero-order valence-corrected chi connectivity index (χ0v) is 22.0. The molecule has 0 spiro atoms. The molecule has 2 N–H and O–H groups in total. The Kier molecular flexibility index (Phi) is 8.17. The van der Waals surface area contributed by atoms with Crippen LogP contribution in [0.25, 0.3) is 16.6 Å². The number of amides is 1. The highest BCUT2D eigenvalue weighted by Crippen LogP contribution is 2.34. The van der Waals surface area contributed by atoms with Gasteiger partial charge in [-0.05, 0) is 67.4 Å². The van der Waals surface area contributed by atoms with Crippen molar-refractivity contribution in [1.82, 2.24) is 14.7 Å². The topological polar surface area (TPSA) is 70.4 Å². The van der Waals surface area contributed by atoms with Crippen molar-refractivity contribution in [3.8, 4) is 5.69 Å². The summed E-state index contributed by atoms with van der Waals surface area (Å²) in [6.07, 6.45) is -3.20. The first-order valence-corrected chi connectivity index (χ1v) is 12.6. The SMILES string of the molecule is CCCN(CC(O)(CNc1cc(C)cc2c1cnn2-c1ccc(F)cc1)C(F)(F)F)C(=O)c1ccccc1Cl. The second-order valence-electron chi connectivity index (χ2n) is 9.37. The van der Waals surface area contributed by atoms with Crippen molar-refractivity contribution in [3.63, 3.8) is 0 Å². The summed E-state index contributed by atoms with van der Waals surface area (Å²) in [4.78, 5) is 14.1. The Balaban J connectivity index is 1.64. The Morgan fingerprint density at radius 2 is 1.82 bits per heavy atom. The highest BCUT2D eigenvalue weighted by Gasteiger charge is 2.55. The standard InChI is InChI=1S/C28H27ClF4N4O2/c1-3-12-36(26(38)21-6-4-5-7-23(21)29)17-27(39,28(31,32)33)16-34-24-13-18(2)14-25-22(24)15-35-37(25)20-10-8-19(30)9-11-20/h4-11,13-15,34,39H,3,12,16-17H2,1-2H3. The van der Waals surface area contributed by atoms with Crippen molar-refractivity contribution in [3.05, 3.63) is 88.8 Å². The smallest absolute Gasteiger partial charge is 0.381 e. The van der Waals surface area contributed by atoms with Gasteiger partial charge in [0.15, 0.2) is 5.60 Å². The number of fused-ring (bicyclic) bond motifs is 1. The number of aromatic nitrogens is 2. The van der Waals surface area contributed by atoms with Crippen molar-refractivity contribution in [2.45, 2.75) is 32.0 Å². The van der Waals surface area contributed by atoms with Gasteiger partial charge in [0.25, 0.3) is 5.91 Å². The second-order valence-corrected chi connectivity index (χ2v) is 9.77. The van der Waals surface area contributed by atoms with Crippen molar-refractivity contribution in [1.29, 1.82) is 0 Å². The summed E-state index contributed by atoms with van der Waals surface area (Å²) >= 11 is 6.12. The average molecular weight is 563 g/mol. The van der Waals surface area contributed by atoms with Crippen LogP contribution in [-0.2, 0) is 0 Å². The van der Waals surface area contributed by atoms with Crippen molar-refractivity contribution in [2.24, 2.45) is 0 Å². The normalized spacial score (nSPS) is 13.3. The number of carbonyl (C=O) groups is 1. The monoisotopic (exact) mass is 562 g/mol. The molecule has 0 radical (unpaired) electrons. The zero-order chi connectivity index (χ0) is 28.4. The van der Waals surface area contributed by atoms with E-state index in [0.717, 1.165) is 10.5 Å². The first kappa shape index (κ1) is 28.4. The van der Waals surface area contributed by atoms with Crippen LogP contribution in [0.3, 0.4) is 0 Å². The molecule has 6 nitrogen and oxygen atoms in total. The Hall–Kier alpha value is -3.63. The largest absolute Gasteiger partial charge is 0.420 e. The fraction of sp³-hybridized carbons (Fsp3) is 0.286. The molecule has 0 aliphatic heterocycles. The zero-order valence-electron chi connectivity index (χ0n) is 21.3. The molecule has 3 aromatic carbocycles. The van der Waals surface area contributed by atoms with E-state index in [1.807, 2.05) is 0 Å². The molecule has 1 heterocycles. The molecule has 0 aliphatic carbocycles. The molecule has 0 saturated heterocycles. The van der Waals surface area contributed by atoms with Crippen LogP contribution in [0.15, 0.2) is 66.9 Å². The maximum absolute atomic E-state index is 14.3. The third-order valence-corrected chi connectivity index (χ3v) is 6.67. The predicted octanol–water partition coefficient (Wildman–Crippen LogP) is 6.38. The number of aryl methyl sites for hydroxylation is 1.